The number of ether oxygens (including phenoxy) is 1. The lowest BCUT2D eigenvalue weighted by Gasteiger charge is -2.35. The first-order valence-electron chi connectivity index (χ1n) is 10.8. The van der Waals surface area contributed by atoms with Crippen LogP contribution in [0.3, 0.4) is 0 Å². The third-order valence-corrected chi connectivity index (χ3v) is 9.12. The molecule has 2 aromatic carbocycles. The summed E-state index contributed by atoms with van der Waals surface area (Å²) in [7, 11) is -3.71. The Morgan fingerprint density at radius 2 is 1.88 bits per heavy atom. The Morgan fingerprint density at radius 3 is 2.42 bits per heavy atom. The fraction of sp³-hybridized carbons (Fsp3) is 0.458. The van der Waals surface area contributed by atoms with Crippen molar-refractivity contribution in [3.05, 3.63) is 42.5 Å². The Morgan fingerprint density at radius 1 is 1.24 bits per heavy atom. The van der Waals surface area contributed by atoms with Gasteiger partial charge in [-0.3, -0.25) is 0 Å². The summed E-state index contributed by atoms with van der Waals surface area (Å²) >= 11 is 1.33. The van der Waals surface area contributed by atoms with Gasteiger partial charge in [0.25, 0.3) is 0 Å². The second-order valence-electron chi connectivity index (χ2n) is 8.65. The number of sulfone groups is 1. The van der Waals surface area contributed by atoms with E-state index in [4.69, 9.17) is 9.84 Å². The van der Waals surface area contributed by atoms with E-state index in [1.54, 1.807) is 12.3 Å². The number of thioether (sulfide) groups is 1. The maximum absolute atomic E-state index is 14.3. The molecule has 9 heteroatoms. The lowest BCUT2D eigenvalue weighted by molar-refractivity contribution is -0.151. The molecule has 33 heavy (non-hydrogen) atoms. The van der Waals surface area contributed by atoms with Gasteiger partial charge in [-0.05, 0) is 44.2 Å². The molecular formula is C24H30FNO5S2. The lowest BCUT2D eigenvalue weighted by Crippen LogP contribution is -2.37. The molecule has 1 heterocycles. The SMILES string of the molecule is CCC1(CC)CN(c2ccccc2)c2cc(SC)c(OC[C@@](C)(F)C(=O)O)cc2S(=O)(=O)C1. The zero-order valence-corrected chi connectivity index (χ0v) is 20.9. The van der Waals surface area contributed by atoms with E-state index >= 15 is 0 Å². The van der Waals surface area contributed by atoms with E-state index in [0.29, 0.717) is 30.0 Å². The van der Waals surface area contributed by atoms with Gasteiger partial charge in [-0.25, -0.2) is 17.6 Å². The van der Waals surface area contributed by atoms with Crippen LogP contribution in [0.5, 0.6) is 5.75 Å². The third kappa shape index (κ3) is 5.14. The number of alkyl halides is 1. The third-order valence-electron chi connectivity index (χ3n) is 6.37. The molecule has 0 spiro atoms. The van der Waals surface area contributed by atoms with Crippen LogP contribution in [0.2, 0.25) is 0 Å². The monoisotopic (exact) mass is 495 g/mol. The fourth-order valence-corrected chi connectivity index (χ4v) is 6.79. The number of anilines is 2. The average Bonchev–Trinajstić information content (AvgIpc) is 2.89. The highest BCUT2D eigenvalue weighted by Gasteiger charge is 2.41. The van der Waals surface area contributed by atoms with Gasteiger partial charge in [-0.15, -0.1) is 11.8 Å². The Kier molecular flexibility index (Phi) is 7.33. The first-order valence-corrected chi connectivity index (χ1v) is 13.7. The van der Waals surface area contributed by atoms with Crippen molar-refractivity contribution in [3.63, 3.8) is 0 Å². The molecule has 0 bridgehead atoms. The van der Waals surface area contributed by atoms with Crippen molar-refractivity contribution >= 4 is 38.9 Å². The van der Waals surface area contributed by atoms with Gasteiger partial charge in [0, 0.05) is 23.7 Å². The summed E-state index contributed by atoms with van der Waals surface area (Å²) in [5.41, 5.74) is -1.63. The topological polar surface area (TPSA) is 83.9 Å². The van der Waals surface area contributed by atoms with E-state index < -0.39 is 33.5 Å². The molecule has 0 saturated heterocycles. The summed E-state index contributed by atoms with van der Waals surface area (Å²) in [6, 6.07) is 12.8. The summed E-state index contributed by atoms with van der Waals surface area (Å²) in [6.45, 7) is 4.74. The summed E-state index contributed by atoms with van der Waals surface area (Å²) < 4.78 is 47.1. The number of carboxylic acids is 1. The van der Waals surface area contributed by atoms with E-state index in [9.17, 15) is 17.6 Å². The predicted molar refractivity (Wildman–Crippen MR) is 129 cm³/mol. The van der Waals surface area contributed by atoms with Gasteiger partial charge >= 0.3 is 5.97 Å². The Hall–Kier alpha value is -2.26. The molecule has 1 aliphatic heterocycles. The number of aliphatic carboxylic acids is 1. The minimum atomic E-state index is -3.71. The number of nitrogens with zero attached hydrogens (tertiary/aromatic N) is 1. The Bertz CT molecular complexity index is 1120. The van der Waals surface area contributed by atoms with Gasteiger partial charge in [-0.1, -0.05) is 32.0 Å². The number of rotatable bonds is 8. The predicted octanol–water partition coefficient (Wildman–Crippen LogP) is 5.33. The summed E-state index contributed by atoms with van der Waals surface area (Å²) in [6.07, 6.45) is 3.19. The molecule has 2 aromatic rings. The Balaban J connectivity index is 2.20. The number of benzene rings is 2. The van der Waals surface area contributed by atoms with Gasteiger partial charge in [0.05, 0.1) is 21.2 Å². The van der Waals surface area contributed by atoms with E-state index in [1.165, 1.54) is 17.8 Å². The molecule has 3 rings (SSSR count). The normalized spacial score (nSPS) is 18.6. The standard InChI is InChI=1S/C24H30FNO5S2/c1-5-24(6-2)14-26(17-10-8-7-9-11-17)18-12-20(32-4)19(13-21(18)33(29,30)16-24)31-15-23(3,25)22(27)28/h7-13H,5-6,14-16H2,1-4H3,(H,27,28)/t23-/m1/s1. The molecule has 1 N–H and O–H groups in total. The zero-order chi connectivity index (χ0) is 24.4. The van der Waals surface area contributed by atoms with Crippen molar-refractivity contribution in [2.24, 2.45) is 5.41 Å². The number of carboxylic acid groups (broad SMARTS) is 1. The highest BCUT2D eigenvalue weighted by atomic mass is 32.2. The number of fused-ring (bicyclic) bond motifs is 1. The van der Waals surface area contributed by atoms with Crippen molar-refractivity contribution < 1.29 is 27.4 Å². The average molecular weight is 496 g/mol. The molecular weight excluding hydrogens is 465 g/mol. The summed E-state index contributed by atoms with van der Waals surface area (Å²) in [5.74, 6) is -1.50. The number of para-hydroxylation sites is 1. The molecule has 6 nitrogen and oxygen atoms in total. The molecule has 1 atom stereocenters. The smallest absolute Gasteiger partial charge is 0.344 e. The number of hydrogen-bond donors (Lipinski definition) is 1. The number of carbonyl (C=O) groups is 1. The molecule has 0 aromatic heterocycles. The van der Waals surface area contributed by atoms with E-state index in [0.717, 1.165) is 12.6 Å². The van der Waals surface area contributed by atoms with Gasteiger partial charge in [0.2, 0.25) is 5.67 Å². The van der Waals surface area contributed by atoms with Crippen LogP contribution in [0.1, 0.15) is 33.6 Å². The highest BCUT2D eigenvalue weighted by Crippen LogP contribution is 2.46. The number of hydrogen-bond acceptors (Lipinski definition) is 6. The molecule has 0 radical (unpaired) electrons. The Labute approximate surface area is 199 Å². The van der Waals surface area contributed by atoms with Crippen molar-refractivity contribution in [1.29, 1.82) is 0 Å². The first-order chi connectivity index (χ1) is 15.5. The summed E-state index contributed by atoms with van der Waals surface area (Å²) in [5, 5.41) is 9.07. The first kappa shape index (κ1) is 25.4. The second-order valence-corrected chi connectivity index (χ2v) is 11.5. The summed E-state index contributed by atoms with van der Waals surface area (Å²) in [4.78, 5) is 13.9. The van der Waals surface area contributed by atoms with Crippen LogP contribution in [0.25, 0.3) is 0 Å². The molecule has 0 amide bonds. The largest absolute Gasteiger partial charge is 0.488 e. The van der Waals surface area contributed by atoms with Crippen LogP contribution in [0.15, 0.2) is 52.3 Å². The van der Waals surface area contributed by atoms with Crippen LogP contribution in [-0.4, -0.2) is 50.3 Å². The van der Waals surface area contributed by atoms with Crippen molar-refractivity contribution in [2.45, 2.75) is 49.1 Å². The molecule has 0 fully saturated rings. The van der Waals surface area contributed by atoms with Crippen LogP contribution in [0, 0.1) is 5.41 Å². The quantitative estimate of drug-likeness (QED) is 0.496. The number of halogens is 1. The van der Waals surface area contributed by atoms with E-state index in [-0.39, 0.29) is 16.4 Å². The maximum atomic E-state index is 14.3. The maximum Gasteiger partial charge on any atom is 0.344 e. The lowest BCUT2D eigenvalue weighted by atomic mass is 9.83. The molecule has 180 valence electrons. The molecule has 0 unspecified atom stereocenters. The van der Waals surface area contributed by atoms with Gasteiger partial charge in [0.15, 0.2) is 9.84 Å². The van der Waals surface area contributed by atoms with Gasteiger partial charge in [0.1, 0.15) is 12.4 Å². The van der Waals surface area contributed by atoms with Crippen LogP contribution in [0.4, 0.5) is 15.8 Å². The highest BCUT2D eigenvalue weighted by molar-refractivity contribution is 7.98. The van der Waals surface area contributed by atoms with E-state index in [2.05, 4.69) is 0 Å². The van der Waals surface area contributed by atoms with Crippen molar-refractivity contribution in [2.75, 3.05) is 30.1 Å². The van der Waals surface area contributed by atoms with E-state index in [1.807, 2.05) is 49.1 Å². The fourth-order valence-electron chi connectivity index (χ4n) is 4.00. The van der Waals surface area contributed by atoms with Crippen LogP contribution >= 0.6 is 11.8 Å². The van der Waals surface area contributed by atoms with Crippen LogP contribution < -0.4 is 9.64 Å². The van der Waals surface area contributed by atoms with Crippen molar-refractivity contribution in [1.82, 2.24) is 0 Å². The van der Waals surface area contributed by atoms with Gasteiger partial charge in [-0.2, -0.15) is 0 Å². The zero-order valence-electron chi connectivity index (χ0n) is 19.3. The molecule has 0 saturated carbocycles. The molecule has 0 aliphatic carbocycles. The van der Waals surface area contributed by atoms with Crippen LogP contribution in [-0.2, 0) is 14.6 Å². The van der Waals surface area contributed by atoms with Crippen molar-refractivity contribution in [3.8, 4) is 5.75 Å². The minimum absolute atomic E-state index is 0.0165. The molecule has 1 aliphatic rings. The second kappa shape index (κ2) is 9.54. The minimum Gasteiger partial charge on any atom is -0.488 e. The van der Waals surface area contributed by atoms with Gasteiger partial charge < -0.3 is 14.7 Å².